The van der Waals surface area contributed by atoms with Crippen LogP contribution in [-0.4, -0.2) is 16.3 Å². The number of azo groups is 1. The average Bonchev–Trinajstić information content (AvgIpc) is 3.12. The second-order valence-corrected chi connectivity index (χ2v) is 6.72. The molecule has 29 heavy (non-hydrogen) atoms. The largest absolute Gasteiger partial charge is 0.489 e. The van der Waals surface area contributed by atoms with Gasteiger partial charge in [-0.05, 0) is 59.7 Å². The van der Waals surface area contributed by atoms with Gasteiger partial charge in [0.15, 0.2) is 6.17 Å². The Balaban J connectivity index is 1.40. The third kappa shape index (κ3) is 4.70. The molecule has 7 heteroatoms. The molecule has 0 fully saturated rings. The van der Waals surface area contributed by atoms with Crippen LogP contribution in [0.3, 0.4) is 0 Å². The number of rotatable bonds is 6. The maximum atomic E-state index is 13.2. The molecule has 1 unspecified atom stereocenters. The molecule has 0 N–H and O–H groups in total. The first-order valence-corrected chi connectivity index (χ1v) is 9.40. The molecular formula is C22H17FN4OS. The molecule has 3 aromatic rings. The summed E-state index contributed by atoms with van der Waals surface area (Å²) in [6.07, 6.45) is 1.35. The van der Waals surface area contributed by atoms with E-state index >= 15 is 0 Å². The van der Waals surface area contributed by atoms with E-state index in [1.54, 1.807) is 17.3 Å². The summed E-state index contributed by atoms with van der Waals surface area (Å²) in [4.78, 5) is 0. The third-order valence-electron chi connectivity index (χ3n) is 4.28. The van der Waals surface area contributed by atoms with Gasteiger partial charge in [0.1, 0.15) is 18.2 Å². The molecule has 0 amide bonds. The molecule has 1 atom stereocenters. The minimum Gasteiger partial charge on any atom is -0.489 e. The van der Waals surface area contributed by atoms with E-state index in [9.17, 15) is 4.39 Å². The minimum absolute atomic E-state index is 0.273. The monoisotopic (exact) mass is 404 g/mol. The molecule has 0 aromatic heterocycles. The SMILES string of the molecule is Fc1cccc(COc2ccc(C=NN3C(=S)N=NC3c3ccccc3)cc2)c1. The summed E-state index contributed by atoms with van der Waals surface area (Å²) in [6.45, 7) is 0.301. The van der Waals surface area contributed by atoms with Gasteiger partial charge in [0.05, 0.1) is 6.21 Å². The molecular weight excluding hydrogens is 387 g/mol. The number of benzene rings is 3. The van der Waals surface area contributed by atoms with E-state index in [1.165, 1.54) is 12.1 Å². The molecule has 0 saturated heterocycles. The summed E-state index contributed by atoms with van der Waals surface area (Å²) in [5.74, 6) is 0.417. The zero-order valence-corrected chi connectivity index (χ0v) is 16.2. The van der Waals surface area contributed by atoms with Crippen molar-refractivity contribution in [3.63, 3.8) is 0 Å². The Hall–Kier alpha value is -3.45. The second-order valence-electron chi connectivity index (χ2n) is 6.36. The fourth-order valence-electron chi connectivity index (χ4n) is 2.82. The lowest BCUT2D eigenvalue weighted by atomic mass is 10.2. The van der Waals surface area contributed by atoms with Crippen molar-refractivity contribution in [2.24, 2.45) is 15.3 Å². The molecule has 0 spiro atoms. The molecule has 0 saturated carbocycles. The van der Waals surface area contributed by atoms with Gasteiger partial charge < -0.3 is 4.74 Å². The normalized spacial score (nSPS) is 16.0. The van der Waals surface area contributed by atoms with Gasteiger partial charge in [0.2, 0.25) is 5.11 Å². The summed E-state index contributed by atoms with van der Waals surface area (Å²) < 4.78 is 18.9. The van der Waals surface area contributed by atoms with Crippen molar-refractivity contribution in [2.75, 3.05) is 0 Å². The predicted molar refractivity (Wildman–Crippen MR) is 113 cm³/mol. The van der Waals surface area contributed by atoms with E-state index in [-0.39, 0.29) is 12.0 Å². The summed E-state index contributed by atoms with van der Waals surface area (Å²) >= 11 is 5.25. The van der Waals surface area contributed by atoms with Crippen molar-refractivity contribution in [1.29, 1.82) is 0 Å². The van der Waals surface area contributed by atoms with Crippen molar-refractivity contribution in [1.82, 2.24) is 5.01 Å². The van der Waals surface area contributed by atoms with Gasteiger partial charge in [-0.15, -0.1) is 5.11 Å². The molecule has 3 aromatic carbocycles. The smallest absolute Gasteiger partial charge is 0.238 e. The summed E-state index contributed by atoms with van der Waals surface area (Å²) in [5, 5.41) is 14.6. The molecule has 4 rings (SSSR count). The number of thiocarbonyl (C=S) groups is 1. The molecule has 5 nitrogen and oxygen atoms in total. The van der Waals surface area contributed by atoms with Crippen LogP contribution in [0.25, 0.3) is 0 Å². The number of hydrazone groups is 1. The third-order valence-corrected chi connectivity index (χ3v) is 4.55. The zero-order valence-electron chi connectivity index (χ0n) is 15.4. The Morgan fingerprint density at radius 3 is 2.59 bits per heavy atom. The minimum atomic E-state index is -0.353. The first kappa shape index (κ1) is 18.9. The first-order chi connectivity index (χ1) is 14.2. The fourth-order valence-corrected chi connectivity index (χ4v) is 3.02. The van der Waals surface area contributed by atoms with Gasteiger partial charge >= 0.3 is 0 Å². The van der Waals surface area contributed by atoms with Crippen molar-refractivity contribution in [2.45, 2.75) is 12.8 Å². The maximum Gasteiger partial charge on any atom is 0.238 e. The van der Waals surface area contributed by atoms with E-state index < -0.39 is 0 Å². The number of nitrogens with zero attached hydrogens (tertiary/aromatic N) is 4. The second kappa shape index (κ2) is 8.70. The standard InChI is InChI=1S/C22H17FN4OS/c23-19-8-4-5-17(13-19)15-28-20-11-9-16(10-12-20)14-24-27-21(25-26-22(27)29)18-6-2-1-3-7-18/h1-14,21H,15H2. The van der Waals surface area contributed by atoms with Crippen LogP contribution < -0.4 is 4.74 Å². The van der Waals surface area contributed by atoms with Crippen molar-refractivity contribution >= 4 is 23.5 Å². The van der Waals surface area contributed by atoms with E-state index in [0.29, 0.717) is 17.5 Å². The Morgan fingerprint density at radius 1 is 1.03 bits per heavy atom. The van der Waals surface area contributed by atoms with Crippen LogP contribution >= 0.6 is 12.2 Å². The molecule has 0 radical (unpaired) electrons. The lowest BCUT2D eigenvalue weighted by Gasteiger charge is -2.17. The van der Waals surface area contributed by atoms with E-state index in [1.807, 2.05) is 60.7 Å². The average molecular weight is 404 g/mol. The topological polar surface area (TPSA) is 49.5 Å². The molecule has 0 bridgehead atoms. The molecule has 1 aliphatic heterocycles. The number of ether oxygens (including phenoxy) is 1. The van der Waals surface area contributed by atoms with Crippen LogP contribution in [0.5, 0.6) is 5.75 Å². The lowest BCUT2D eigenvalue weighted by molar-refractivity contribution is 0.305. The van der Waals surface area contributed by atoms with E-state index in [4.69, 9.17) is 17.0 Å². The van der Waals surface area contributed by atoms with Crippen LogP contribution in [-0.2, 0) is 6.61 Å². The van der Waals surface area contributed by atoms with Crippen molar-refractivity contribution in [3.05, 3.63) is 101 Å². The van der Waals surface area contributed by atoms with Crippen molar-refractivity contribution in [3.8, 4) is 5.75 Å². The number of hydrogen-bond acceptors (Lipinski definition) is 4. The van der Waals surface area contributed by atoms with Gasteiger partial charge in [-0.1, -0.05) is 42.5 Å². The van der Waals surface area contributed by atoms with Gasteiger partial charge in [0.25, 0.3) is 0 Å². The van der Waals surface area contributed by atoms with Crippen LogP contribution in [0.15, 0.2) is 94.2 Å². The highest BCUT2D eigenvalue weighted by Crippen LogP contribution is 2.28. The maximum absolute atomic E-state index is 13.2. The van der Waals surface area contributed by atoms with Gasteiger partial charge in [-0.3, -0.25) is 0 Å². The van der Waals surface area contributed by atoms with E-state index in [2.05, 4.69) is 15.3 Å². The van der Waals surface area contributed by atoms with Crippen LogP contribution in [0.2, 0.25) is 0 Å². The quantitative estimate of drug-likeness (QED) is 0.403. The van der Waals surface area contributed by atoms with Gasteiger partial charge in [-0.2, -0.15) is 10.2 Å². The predicted octanol–water partition coefficient (Wildman–Crippen LogP) is 5.49. The van der Waals surface area contributed by atoms with Gasteiger partial charge in [0, 0.05) is 5.56 Å². The van der Waals surface area contributed by atoms with Crippen LogP contribution in [0, 0.1) is 5.82 Å². The number of hydrogen-bond donors (Lipinski definition) is 0. The Kier molecular flexibility index (Phi) is 5.67. The van der Waals surface area contributed by atoms with E-state index in [0.717, 1.165) is 16.7 Å². The molecule has 1 aliphatic rings. The highest BCUT2D eigenvalue weighted by molar-refractivity contribution is 7.80. The Morgan fingerprint density at radius 2 is 1.83 bits per heavy atom. The molecule has 0 aliphatic carbocycles. The zero-order chi connectivity index (χ0) is 20.1. The Labute approximate surface area is 173 Å². The first-order valence-electron chi connectivity index (χ1n) is 8.99. The van der Waals surface area contributed by atoms with Crippen LogP contribution in [0.4, 0.5) is 4.39 Å². The molecule has 144 valence electrons. The lowest BCUT2D eigenvalue weighted by Crippen LogP contribution is -2.21. The van der Waals surface area contributed by atoms with Crippen LogP contribution in [0.1, 0.15) is 22.9 Å². The summed E-state index contributed by atoms with van der Waals surface area (Å²) in [7, 11) is 0. The highest BCUT2D eigenvalue weighted by Gasteiger charge is 2.27. The number of halogens is 1. The van der Waals surface area contributed by atoms with Crippen molar-refractivity contribution < 1.29 is 9.13 Å². The Bertz CT molecular complexity index is 1050. The molecule has 1 heterocycles. The fraction of sp³-hybridized carbons (Fsp3) is 0.0909. The van der Waals surface area contributed by atoms with Gasteiger partial charge in [-0.25, -0.2) is 9.40 Å². The summed E-state index contributed by atoms with van der Waals surface area (Å²) in [5.41, 5.74) is 2.62. The highest BCUT2D eigenvalue weighted by atomic mass is 32.1. The summed E-state index contributed by atoms with van der Waals surface area (Å²) in [6, 6.07) is 23.6.